The number of nitrogens with zero attached hydrogens (tertiary/aromatic N) is 4. The monoisotopic (exact) mass is 473 g/mol. The predicted octanol–water partition coefficient (Wildman–Crippen LogP) is 3.23. The van der Waals surface area contributed by atoms with Gasteiger partial charge in [-0.05, 0) is 42.0 Å². The number of benzene rings is 2. The lowest BCUT2D eigenvalue weighted by atomic mass is 10.2. The molecule has 1 atom stereocenters. The number of hydrogen-bond donors (Lipinski definition) is 1. The van der Waals surface area contributed by atoms with Crippen LogP contribution in [0.4, 0.5) is 11.4 Å². The van der Waals surface area contributed by atoms with Gasteiger partial charge >= 0.3 is 0 Å². The van der Waals surface area contributed by atoms with Crippen molar-refractivity contribution in [3.8, 4) is 0 Å². The fourth-order valence-electron chi connectivity index (χ4n) is 2.74. The van der Waals surface area contributed by atoms with E-state index in [1.54, 1.807) is 30.5 Å². The van der Waals surface area contributed by atoms with Crippen molar-refractivity contribution in [3.63, 3.8) is 0 Å². The van der Waals surface area contributed by atoms with E-state index >= 15 is 0 Å². The van der Waals surface area contributed by atoms with Gasteiger partial charge in [0.1, 0.15) is 5.25 Å². The molecule has 3 rings (SSSR count). The highest BCUT2D eigenvalue weighted by Gasteiger charge is 2.40. The first-order valence-electron chi connectivity index (χ1n) is 8.78. The molecule has 0 spiro atoms. The van der Waals surface area contributed by atoms with E-state index in [9.17, 15) is 9.59 Å². The van der Waals surface area contributed by atoms with Gasteiger partial charge in [-0.1, -0.05) is 39.8 Å². The van der Waals surface area contributed by atoms with Crippen LogP contribution in [0.15, 0.2) is 63.2 Å². The van der Waals surface area contributed by atoms with E-state index < -0.39 is 5.25 Å². The number of imide groups is 1. The van der Waals surface area contributed by atoms with Crippen LogP contribution in [0, 0.1) is 0 Å². The summed E-state index contributed by atoms with van der Waals surface area (Å²) in [5, 5.41) is 7.44. The fourth-order valence-corrected chi connectivity index (χ4v) is 3.82. The number of nitrogens with two attached hydrogens (primary N) is 1. The lowest BCUT2D eigenvalue weighted by Gasteiger charge is -2.14. The maximum absolute atomic E-state index is 12.6. The maximum atomic E-state index is 12.6. The second-order valence-electron chi connectivity index (χ2n) is 6.52. The van der Waals surface area contributed by atoms with Gasteiger partial charge in [-0.15, -0.1) is 5.10 Å². The van der Waals surface area contributed by atoms with E-state index in [1.807, 2.05) is 43.3 Å². The van der Waals surface area contributed by atoms with E-state index in [0.717, 1.165) is 27.5 Å². The summed E-state index contributed by atoms with van der Waals surface area (Å²) in [5.74, 6) is -0.559. The normalized spacial score (nSPS) is 17.4. The number of anilines is 2. The van der Waals surface area contributed by atoms with Crippen molar-refractivity contribution >= 4 is 62.3 Å². The Balaban J connectivity index is 1.62. The van der Waals surface area contributed by atoms with Crippen molar-refractivity contribution in [2.75, 3.05) is 23.9 Å². The molecule has 0 bridgehead atoms. The zero-order valence-electron chi connectivity index (χ0n) is 15.9. The Hall–Kier alpha value is -2.65. The molecule has 2 aromatic carbocycles. The van der Waals surface area contributed by atoms with E-state index in [2.05, 4.69) is 26.1 Å². The number of hydrogen-bond acceptors (Lipinski definition) is 6. The highest BCUT2D eigenvalue weighted by molar-refractivity contribution is 9.10. The summed E-state index contributed by atoms with van der Waals surface area (Å²) in [7, 11) is 3.94. The number of carbonyl (C=O) groups excluding carboxylic acids is 2. The van der Waals surface area contributed by atoms with Gasteiger partial charge in [-0.25, -0.2) is 4.90 Å². The molecule has 150 valence electrons. The quantitative estimate of drug-likeness (QED) is 0.311. The molecular formula is C20H20BrN5O2S. The summed E-state index contributed by atoms with van der Waals surface area (Å²) >= 11 is 4.39. The summed E-state index contributed by atoms with van der Waals surface area (Å²) in [6, 6.07) is 14.8. The van der Waals surface area contributed by atoms with E-state index in [1.165, 1.54) is 4.90 Å². The first-order valence-corrected chi connectivity index (χ1v) is 10.5. The van der Waals surface area contributed by atoms with Gasteiger partial charge in [0.05, 0.1) is 11.9 Å². The smallest absolute Gasteiger partial charge is 0.247 e. The third-order valence-corrected chi connectivity index (χ3v) is 5.73. The Bertz CT molecular complexity index is 958. The van der Waals surface area contributed by atoms with Crippen molar-refractivity contribution in [1.29, 1.82) is 0 Å². The van der Waals surface area contributed by atoms with Crippen molar-refractivity contribution in [1.82, 2.24) is 0 Å². The Morgan fingerprint density at radius 2 is 1.83 bits per heavy atom. The van der Waals surface area contributed by atoms with Crippen LogP contribution in [0.2, 0.25) is 0 Å². The SMILES string of the molecule is CN(C)c1ccc(/C=N\N=C(N)S[C@H]2CC(=O)N(c3ccc(Br)cc3)C2=O)cc1. The van der Waals surface area contributed by atoms with Crippen molar-refractivity contribution in [2.24, 2.45) is 15.9 Å². The van der Waals surface area contributed by atoms with Gasteiger partial charge in [-0.2, -0.15) is 5.10 Å². The molecule has 2 N–H and O–H groups in total. The zero-order valence-corrected chi connectivity index (χ0v) is 18.4. The highest BCUT2D eigenvalue weighted by Crippen LogP contribution is 2.30. The van der Waals surface area contributed by atoms with Gasteiger partial charge < -0.3 is 10.6 Å². The van der Waals surface area contributed by atoms with E-state index in [4.69, 9.17) is 5.73 Å². The third kappa shape index (κ3) is 5.24. The minimum atomic E-state index is -0.607. The number of halogens is 1. The second-order valence-corrected chi connectivity index (χ2v) is 8.66. The van der Waals surface area contributed by atoms with E-state index in [0.29, 0.717) is 5.69 Å². The molecule has 0 aliphatic carbocycles. The van der Waals surface area contributed by atoms with Gasteiger partial charge in [0, 0.05) is 30.7 Å². The molecule has 1 saturated heterocycles. The summed E-state index contributed by atoms with van der Waals surface area (Å²) in [6.45, 7) is 0. The molecule has 0 radical (unpaired) electrons. The maximum Gasteiger partial charge on any atom is 0.247 e. The molecule has 1 heterocycles. The Labute approximate surface area is 181 Å². The molecule has 0 unspecified atom stereocenters. The van der Waals surface area contributed by atoms with Crippen LogP contribution in [0.1, 0.15) is 12.0 Å². The Morgan fingerprint density at radius 3 is 2.45 bits per heavy atom. The first kappa shape index (κ1) is 21.1. The lowest BCUT2D eigenvalue weighted by molar-refractivity contribution is -0.121. The van der Waals surface area contributed by atoms with E-state index in [-0.39, 0.29) is 23.4 Å². The molecule has 0 aromatic heterocycles. The van der Waals surface area contributed by atoms with Gasteiger partial charge in [0.25, 0.3) is 0 Å². The lowest BCUT2D eigenvalue weighted by Crippen LogP contribution is -2.31. The molecule has 0 saturated carbocycles. The molecule has 9 heteroatoms. The molecule has 7 nitrogen and oxygen atoms in total. The minimum Gasteiger partial charge on any atom is -0.378 e. The van der Waals surface area contributed by atoms with Crippen LogP contribution in [-0.4, -0.2) is 42.5 Å². The standard InChI is InChI=1S/C20H20BrN5O2S/c1-25(2)15-7-3-13(4-8-15)12-23-24-20(22)29-17-11-18(27)26(19(17)28)16-9-5-14(21)6-10-16/h3-10,12,17H,11H2,1-2H3,(H2,22,24)/b23-12-/t17-/m0/s1. The first-order chi connectivity index (χ1) is 13.8. The van der Waals surface area contributed by atoms with Gasteiger partial charge in [-0.3, -0.25) is 9.59 Å². The average molecular weight is 474 g/mol. The topological polar surface area (TPSA) is 91.4 Å². The molecule has 1 fully saturated rings. The minimum absolute atomic E-state index is 0.0749. The molecule has 1 aliphatic rings. The number of amides is 2. The van der Waals surface area contributed by atoms with Crippen LogP contribution < -0.4 is 15.5 Å². The van der Waals surface area contributed by atoms with Crippen LogP contribution in [0.3, 0.4) is 0 Å². The summed E-state index contributed by atoms with van der Waals surface area (Å²) in [4.78, 5) is 28.1. The molecule has 1 aliphatic heterocycles. The summed E-state index contributed by atoms with van der Waals surface area (Å²) < 4.78 is 0.872. The Morgan fingerprint density at radius 1 is 1.17 bits per heavy atom. The molecular weight excluding hydrogens is 454 g/mol. The average Bonchev–Trinajstić information content (AvgIpc) is 2.96. The fraction of sp³-hybridized carbons (Fsp3) is 0.200. The van der Waals surface area contributed by atoms with Crippen LogP contribution in [0.25, 0.3) is 0 Å². The predicted molar refractivity (Wildman–Crippen MR) is 123 cm³/mol. The van der Waals surface area contributed by atoms with Crippen LogP contribution >= 0.6 is 27.7 Å². The molecule has 29 heavy (non-hydrogen) atoms. The van der Waals surface area contributed by atoms with Crippen molar-refractivity contribution < 1.29 is 9.59 Å². The number of carbonyl (C=O) groups is 2. The van der Waals surface area contributed by atoms with Crippen LogP contribution in [0.5, 0.6) is 0 Å². The molecule has 2 amide bonds. The second kappa shape index (κ2) is 9.23. The highest BCUT2D eigenvalue weighted by atomic mass is 79.9. The van der Waals surface area contributed by atoms with Crippen molar-refractivity contribution in [3.05, 3.63) is 58.6 Å². The Kier molecular flexibility index (Phi) is 6.71. The largest absolute Gasteiger partial charge is 0.378 e. The number of thioether (sulfide) groups is 1. The zero-order chi connectivity index (χ0) is 21.0. The van der Waals surface area contributed by atoms with Gasteiger partial charge in [0.15, 0.2) is 5.17 Å². The number of amidine groups is 1. The summed E-state index contributed by atoms with van der Waals surface area (Å²) in [6.07, 6.45) is 1.66. The van der Waals surface area contributed by atoms with Gasteiger partial charge in [0.2, 0.25) is 11.8 Å². The molecule has 2 aromatic rings. The van der Waals surface area contributed by atoms with Crippen LogP contribution in [-0.2, 0) is 9.59 Å². The third-order valence-electron chi connectivity index (χ3n) is 4.23. The van der Waals surface area contributed by atoms with Crippen molar-refractivity contribution in [2.45, 2.75) is 11.7 Å². The number of rotatable bonds is 5. The summed E-state index contributed by atoms with van der Waals surface area (Å²) in [5.41, 5.74) is 8.40.